The van der Waals surface area contributed by atoms with Crippen molar-refractivity contribution in [3.63, 3.8) is 0 Å². The summed E-state index contributed by atoms with van der Waals surface area (Å²) in [6.45, 7) is 8.73. The number of aryl methyl sites for hydroxylation is 1. The van der Waals surface area contributed by atoms with Crippen molar-refractivity contribution in [2.75, 3.05) is 20.7 Å². The van der Waals surface area contributed by atoms with Gasteiger partial charge in [-0.1, -0.05) is 12.1 Å². The van der Waals surface area contributed by atoms with Crippen LogP contribution in [0.25, 0.3) is 0 Å². The minimum Gasteiger partial charge on any atom is -0.496 e. The summed E-state index contributed by atoms with van der Waals surface area (Å²) >= 11 is 0. The lowest BCUT2D eigenvalue weighted by molar-refractivity contribution is 0.240. The van der Waals surface area contributed by atoms with E-state index in [1.165, 1.54) is 17.5 Å². The van der Waals surface area contributed by atoms with Gasteiger partial charge in [-0.25, -0.2) is 0 Å². The molecule has 1 aromatic carbocycles. The zero-order chi connectivity index (χ0) is 14.0. The fourth-order valence-electron chi connectivity index (χ4n) is 2.90. The minimum absolute atomic E-state index is 0.273. The maximum absolute atomic E-state index is 5.31. The Kier molecular flexibility index (Phi) is 4.16. The lowest BCUT2D eigenvalue weighted by atomic mass is 10.0. The van der Waals surface area contributed by atoms with E-state index in [4.69, 9.17) is 4.74 Å². The molecule has 0 aromatic heterocycles. The van der Waals surface area contributed by atoms with Crippen molar-refractivity contribution in [3.8, 4) is 5.75 Å². The zero-order valence-electron chi connectivity index (χ0n) is 12.8. The van der Waals surface area contributed by atoms with E-state index in [0.29, 0.717) is 6.04 Å². The van der Waals surface area contributed by atoms with Crippen molar-refractivity contribution in [2.24, 2.45) is 0 Å². The summed E-state index contributed by atoms with van der Waals surface area (Å²) in [7, 11) is 3.94. The fourth-order valence-corrected chi connectivity index (χ4v) is 2.90. The molecular formula is C16H26N2O. The number of nitrogens with zero attached hydrogens (tertiary/aromatic N) is 1. The van der Waals surface area contributed by atoms with Crippen LogP contribution in [-0.2, 0) is 6.54 Å². The highest BCUT2D eigenvalue weighted by molar-refractivity contribution is 5.36. The average Bonchev–Trinajstić information content (AvgIpc) is 2.70. The molecule has 0 saturated carbocycles. The van der Waals surface area contributed by atoms with Crippen LogP contribution in [0.3, 0.4) is 0 Å². The quantitative estimate of drug-likeness (QED) is 0.902. The first kappa shape index (κ1) is 14.4. The molecule has 0 spiro atoms. The lowest BCUT2D eigenvalue weighted by Crippen LogP contribution is -2.32. The monoisotopic (exact) mass is 262 g/mol. The maximum Gasteiger partial charge on any atom is 0.121 e. The topological polar surface area (TPSA) is 24.5 Å². The van der Waals surface area contributed by atoms with E-state index in [1.54, 1.807) is 7.11 Å². The Labute approximate surface area is 116 Å². The Bertz CT molecular complexity index is 442. The molecule has 0 radical (unpaired) electrons. The molecule has 106 valence electrons. The van der Waals surface area contributed by atoms with Crippen LogP contribution in [0.2, 0.25) is 0 Å². The van der Waals surface area contributed by atoms with Gasteiger partial charge in [0.25, 0.3) is 0 Å². The van der Waals surface area contributed by atoms with Crippen molar-refractivity contribution in [3.05, 3.63) is 29.3 Å². The molecule has 1 N–H and O–H groups in total. The van der Waals surface area contributed by atoms with Crippen LogP contribution >= 0.6 is 0 Å². The van der Waals surface area contributed by atoms with Gasteiger partial charge in [0.2, 0.25) is 0 Å². The van der Waals surface area contributed by atoms with E-state index in [0.717, 1.165) is 18.8 Å². The molecule has 0 aliphatic carbocycles. The highest BCUT2D eigenvalue weighted by Crippen LogP contribution is 2.24. The Morgan fingerprint density at radius 3 is 2.68 bits per heavy atom. The molecule has 3 nitrogen and oxygen atoms in total. The number of hydrogen-bond acceptors (Lipinski definition) is 3. The summed E-state index contributed by atoms with van der Waals surface area (Å²) in [6.07, 6.45) is 1.21. The first-order valence-corrected chi connectivity index (χ1v) is 7.00. The van der Waals surface area contributed by atoms with Crippen LogP contribution in [0.1, 0.15) is 31.4 Å². The number of ether oxygens (including phenoxy) is 1. The SMILES string of the molecule is COc1ccc(CN(C)C2CNC(C)(C)C2)cc1C. The van der Waals surface area contributed by atoms with Crippen molar-refractivity contribution in [1.29, 1.82) is 0 Å². The standard InChI is InChI=1S/C16H26N2O/c1-12-8-13(6-7-15(12)19-5)11-18(4)14-9-16(2,3)17-10-14/h6-8,14,17H,9-11H2,1-5H3. The van der Waals surface area contributed by atoms with Crippen LogP contribution in [0.5, 0.6) is 5.75 Å². The summed E-state index contributed by atoms with van der Waals surface area (Å²) in [6, 6.07) is 7.08. The van der Waals surface area contributed by atoms with Crippen molar-refractivity contribution in [2.45, 2.75) is 45.3 Å². The number of hydrogen-bond donors (Lipinski definition) is 1. The van der Waals surface area contributed by atoms with Crippen LogP contribution in [0, 0.1) is 6.92 Å². The van der Waals surface area contributed by atoms with E-state index in [2.05, 4.69) is 56.2 Å². The van der Waals surface area contributed by atoms with Crippen LogP contribution in [-0.4, -0.2) is 37.2 Å². The highest BCUT2D eigenvalue weighted by Gasteiger charge is 2.32. The van der Waals surface area contributed by atoms with Gasteiger partial charge in [-0.05, 0) is 51.4 Å². The molecule has 1 atom stereocenters. The van der Waals surface area contributed by atoms with Gasteiger partial charge in [0.05, 0.1) is 7.11 Å². The second kappa shape index (κ2) is 5.51. The normalized spacial score (nSPS) is 21.9. The minimum atomic E-state index is 0.273. The Hall–Kier alpha value is -1.06. The Morgan fingerprint density at radius 2 is 2.16 bits per heavy atom. The lowest BCUT2D eigenvalue weighted by Gasteiger charge is -2.25. The summed E-state index contributed by atoms with van der Waals surface area (Å²) in [5.41, 5.74) is 2.83. The summed E-state index contributed by atoms with van der Waals surface area (Å²) < 4.78 is 5.31. The third kappa shape index (κ3) is 3.48. The van der Waals surface area contributed by atoms with Crippen LogP contribution in [0.4, 0.5) is 0 Å². The Balaban J connectivity index is 1.99. The van der Waals surface area contributed by atoms with Crippen molar-refractivity contribution in [1.82, 2.24) is 10.2 Å². The molecule has 0 amide bonds. The molecule has 1 unspecified atom stereocenters. The van der Waals surface area contributed by atoms with E-state index < -0.39 is 0 Å². The maximum atomic E-state index is 5.31. The molecule has 0 bridgehead atoms. The predicted octanol–water partition coefficient (Wildman–Crippen LogP) is 2.58. The zero-order valence-corrected chi connectivity index (χ0v) is 12.8. The summed E-state index contributed by atoms with van der Waals surface area (Å²) in [4.78, 5) is 2.45. The number of nitrogens with one attached hydrogen (secondary N) is 1. The van der Waals surface area contributed by atoms with Gasteiger partial charge in [0, 0.05) is 24.7 Å². The first-order chi connectivity index (χ1) is 8.91. The molecule has 1 aliphatic rings. The van der Waals surface area contributed by atoms with E-state index in [-0.39, 0.29) is 5.54 Å². The smallest absolute Gasteiger partial charge is 0.121 e. The van der Waals surface area contributed by atoms with Gasteiger partial charge in [-0.3, -0.25) is 4.90 Å². The van der Waals surface area contributed by atoms with Gasteiger partial charge in [-0.15, -0.1) is 0 Å². The van der Waals surface area contributed by atoms with Crippen molar-refractivity contribution >= 4 is 0 Å². The first-order valence-electron chi connectivity index (χ1n) is 7.00. The predicted molar refractivity (Wildman–Crippen MR) is 79.7 cm³/mol. The molecule has 1 fully saturated rings. The second-order valence-corrected chi connectivity index (χ2v) is 6.34. The molecule has 1 aromatic rings. The molecule has 2 rings (SSSR count). The molecule has 1 saturated heterocycles. The largest absolute Gasteiger partial charge is 0.496 e. The third-order valence-electron chi connectivity index (χ3n) is 4.08. The van der Waals surface area contributed by atoms with Gasteiger partial charge < -0.3 is 10.1 Å². The highest BCUT2D eigenvalue weighted by atomic mass is 16.5. The fraction of sp³-hybridized carbons (Fsp3) is 0.625. The van der Waals surface area contributed by atoms with Gasteiger partial charge >= 0.3 is 0 Å². The second-order valence-electron chi connectivity index (χ2n) is 6.34. The molecule has 1 aliphatic heterocycles. The molecule has 19 heavy (non-hydrogen) atoms. The van der Waals surface area contributed by atoms with Gasteiger partial charge in [0.1, 0.15) is 5.75 Å². The number of likely N-dealkylation sites (N-methyl/N-ethyl adjacent to an activating group) is 1. The molecule has 3 heteroatoms. The van der Waals surface area contributed by atoms with E-state index in [9.17, 15) is 0 Å². The van der Waals surface area contributed by atoms with Crippen LogP contribution < -0.4 is 10.1 Å². The third-order valence-corrected chi connectivity index (χ3v) is 4.08. The van der Waals surface area contributed by atoms with Gasteiger partial charge in [-0.2, -0.15) is 0 Å². The van der Waals surface area contributed by atoms with Gasteiger partial charge in [0.15, 0.2) is 0 Å². The number of rotatable bonds is 4. The number of methoxy groups -OCH3 is 1. The van der Waals surface area contributed by atoms with E-state index >= 15 is 0 Å². The van der Waals surface area contributed by atoms with E-state index in [1.807, 2.05) is 0 Å². The average molecular weight is 262 g/mol. The molecule has 1 heterocycles. The van der Waals surface area contributed by atoms with Crippen LogP contribution in [0.15, 0.2) is 18.2 Å². The summed E-state index contributed by atoms with van der Waals surface area (Å²) in [5.74, 6) is 0.968. The molecular weight excluding hydrogens is 236 g/mol. The summed E-state index contributed by atoms with van der Waals surface area (Å²) in [5, 5.41) is 3.58. The van der Waals surface area contributed by atoms with Crippen molar-refractivity contribution < 1.29 is 4.74 Å². The Morgan fingerprint density at radius 1 is 1.42 bits per heavy atom. The number of benzene rings is 1.